The van der Waals surface area contributed by atoms with Gasteiger partial charge in [-0.1, -0.05) is 0 Å². The molecule has 0 amide bonds. The van der Waals surface area contributed by atoms with Crippen LogP contribution >= 0.6 is 0 Å². The summed E-state index contributed by atoms with van der Waals surface area (Å²) in [6.07, 6.45) is 0.739. The third-order valence-corrected chi connectivity index (χ3v) is 5.36. The number of methoxy groups -OCH3 is 2. The Morgan fingerprint density at radius 1 is 1.09 bits per heavy atom. The zero-order valence-corrected chi connectivity index (χ0v) is 14.9. The van der Waals surface area contributed by atoms with Crippen LogP contribution in [0.5, 0.6) is 0 Å². The number of halogens is 1. The molecule has 132 valence electrons. The third kappa shape index (κ3) is 5.42. The van der Waals surface area contributed by atoms with E-state index in [1.54, 1.807) is 19.1 Å². The number of anilines is 1. The zero-order valence-electron chi connectivity index (χ0n) is 14.1. The highest BCUT2D eigenvalue weighted by atomic mass is 32.2. The van der Waals surface area contributed by atoms with Gasteiger partial charge < -0.3 is 14.4 Å². The van der Waals surface area contributed by atoms with Gasteiger partial charge in [0, 0.05) is 48.0 Å². The molecule has 0 aromatic heterocycles. The Balaban J connectivity index is 3.11. The van der Waals surface area contributed by atoms with E-state index in [0.717, 1.165) is 16.8 Å². The molecule has 0 saturated heterocycles. The van der Waals surface area contributed by atoms with Crippen molar-refractivity contribution >= 4 is 15.7 Å². The van der Waals surface area contributed by atoms with E-state index in [1.165, 1.54) is 26.3 Å². The van der Waals surface area contributed by atoms with Gasteiger partial charge in [-0.3, -0.25) is 0 Å². The van der Waals surface area contributed by atoms with E-state index in [2.05, 4.69) is 0 Å². The van der Waals surface area contributed by atoms with Gasteiger partial charge in [0.1, 0.15) is 10.7 Å². The topological polar surface area (TPSA) is 59.1 Å². The van der Waals surface area contributed by atoms with Crippen LogP contribution in [0.2, 0.25) is 0 Å². The second-order valence-electron chi connectivity index (χ2n) is 5.20. The number of likely N-dealkylation sites (N-methyl/N-ethyl adjacent to an activating group) is 1. The van der Waals surface area contributed by atoms with E-state index in [4.69, 9.17) is 9.47 Å². The number of rotatable bonds is 10. The number of ether oxygens (including phenoxy) is 2. The van der Waals surface area contributed by atoms with Crippen LogP contribution in [0.1, 0.15) is 6.42 Å². The van der Waals surface area contributed by atoms with Crippen LogP contribution in [0.15, 0.2) is 23.1 Å². The van der Waals surface area contributed by atoms with Crippen LogP contribution < -0.4 is 4.90 Å². The molecule has 0 aliphatic carbocycles. The van der Waals surface area contributed by atoms with Gasteiger partial charge in [-0.05, 0) is 24.6 Å². The maximum Gasteiger partial charge on any atom is 0.245 e. The van der Waals surface area contributed by atoms with Crippen molar-refractivity contribution in [2.75, 3.05) is 59.5 Å². The molecule has 23 heavy (non-hydrogen) atoms. The van der Waals surface area contributed by atoms with Crippen molar-refractivity contribution < 1.29 is 22.3 Å². The minimum absolute atomic E-state index is 0.0454. The summed E-state index contributed by atoms with van der Waals surface area (Å²) in [7, 11) is 2.53. The Morgan fingerprint density at radius 2 is 1.74 bits per heavy atom. The minimum atomic E-state index is -3.80. The Bertz CT molecular complexity index is 595. The molecule has 0 N–H and O–H groups in total. The van der Waals surface area contributed by atoms with Gasteiger partial charge in [-0.25, -0.2) is 12.8 Å². The Hall–Kier alpha value is -1.22. The average molecular weight is 348 g/mol. The van der Waals surface area contributed by atoms with Gasteiger partial charge in [-0.2, -0.15) is 4.31 Å². The van der Waals surface area contributed by atoms with Gasteiger partial charge in [0.15, 0.2) is 0 Å². The lowest BCUT2D eigenvalue weighted by Crippen LogP contribution is -2.32. The molecule has 0 radical (unpaired) electrons. The SMILES string of the molecule is COCCCN(C)c1ccc(F)cc1S(=O)(=O)N(C)CCOC. The fourth-order valence-electron chi connectivity index (χ4n) is 2.08. The molecule has 0 bridgehead atoms. The molecular formula is C15H25FN2O4S. The molecule has 6 nitrogen and oxygen atoms in total. The Morgan fingerprint density at radius 3 is 2.35 bits per heavy atom. The summed E-state index contributed by atoms with van der Waals surface area (Å²) in [5.74, 6) is -0.585. The molecule has 0 heterocycles. The third-order valence-electron chi connectivity index (χ3n) is 3.47. The van der Waals surface area contributed by atoms with Gasteiger partial charge in [0.2, 0.25) is 10.0 Å². The zero-order chi connectivity index (χ0) is 17.5. The Kier molecular flexibility index (Phi) is 7.90. The molecule has 0 saturated carbocycles. The molecular weight excluding hydrogens is 323 g/mol. The van der Waals surface area contributed by atoms with Crippen LogP contribution in [0, 0.1) is 5.82 Å². The predicted molar refractivity (Wildman–Crippen MR) is 87.9 cm³/mol. The first-order valence-electron chi connectivity index (χ1n) is 7.29. The predicted octanol–water partition coefficient (Wildman–Crippen LogP) is 1.57. The van der Waals surface area contributed by atoms with Crippen molar-refractivity contribution in [3.63, 3.8) is 0 Å². The van der Waals surface area contributed by atoms with Gasteiger partial charge in [0.25, 0.3) is 0 Å². The highest BCUT2D eigenvalue weighted by Crippen LogP contribution is 2.27. The molecule has 0 aliphatic rings. The van der Waals surface area contributed by atoms with Crippen molar-refractivity contribution in [3.05, 3.63) is 24.0 Å². The second kappa shape index (κ2) is 9.17. The van der Waals surface area contributed by atoms with E-state index < -0.39 is 15.8 Å². The summed E-state index contributed by atoms with van der Waals surface area (Å²) >= 11 is 0. The molecule has 8 heteroatoms. The molecule has 0 aliphatic heterocycles. The molecule has 1 aromatic rings. The van der Waals surface area contributed by atoms with E-state index in [-0.39, 0.29) is 18.0 Å². The lowest BCUT2D eigenvalue weighted by molar-refractivity contribution is 0.185. The van der Waals surface area contributed by atoms with Crippen molar-refractivity contribution in [1.29, 1.82) is 0 Å². The fraction of sp³-hybridized carbons (Fsp3) is 0.600. The first-order chi connectivity index (χ1) is 10.8. The number of hydrogen-bond acceptors (Lipinski definition) is 5. The first kappa shape index (κ1) is 19.8. The average Bonchev–Trinajstić information content (AvgIpc) is 2.52. The highest BCUT2D eigenvalue weighted by molar-refractivity contribution is 7.89. The monoisotopic (exact) mass is 348 g/mol. The van der Waals surface area contributed by atoms with Crippen molar-refractivity contribution in [1.82, 2.24) is 4.31 Å². The molecule has 0 atom stereocenters. The van der Waals surface area contributed by atoms with Crippen LogP contribution in [-0.2, 0) is 19.5 Å². The molecule has 0 unspecified atom stereocenters. The van der Waals surface area contributed by atoms with E-state index >= 15 is 0 Å². The van der Waals surface area contributed by atoms with Gasteiger partial charge >= 0.3 is 0 Å². The lowest BCUT2D eigenvalue weighted by Gasteiger charge is -2.25. The smallest absolute Gasteiger partial charge is 0.245 e. The number of sulfonamides is 1. The van der Waals surface area contributed by atoms with Crippen molar-refractivity contribution in [2.45, 2.75) is 11.3 Å². The number of hydrogen-bond donors (Lipinski definition) is 0. The van der Waals surface area contributed by atoms with Crippen LogP contribution in [-0.4, -0.2) is 67.3 Å². The summed E-state index contributed by atoms with van der Waals surface area (Å²) in [4.78, 5) is 1.74. The standard InChI is InChI=1S/C15H25FN2O4S/c1-17(8-5-10-21-3)14-7-6-13(16)12-15(14)23(19,20)18(2)9-11-22-4/h6-7,12H,5,8-11H2,1-4H3. The van der Waals surface area contributed by atoms with Crippen LogP contribution in [0.4, 0.5) is 10.1 Å². The maximum atomic E-state index is 13.6. The highest BCUT2D eigenvalue weighted by Gasteiger charge is 2.25. The summed E-state index contributed by atoms with van der Waals surface area (Å²) < 4.78 is 50.1. The van der Waals surface area contributed by atoms with E-state index in [1.807, 2.05) is 0 Å². The number of benzene rings is 1. The fourth-order valence-corrected chi connectivity index (χ4v) is 3.48. The molecule has 1 aromatic carbocycles. The molecule has 1 rings (SSSR count). The van der Waals surface area contributed by atoms with Crippen molar-refractivity contribution in [2.24, 2.45) is 0 Å². The second-order valence-corrected chi connectivity index (χ2v) is 7.21. The minimum Gasteiger partial charge on any atom is -0.385 e. The summed E-state index contributed by atoms with van der Waals surface area (Å²) in [6, 6.07) is 3.80. The number of nitrogens with zero attached hydrogens (tertiary/aromatic N) is 2. The Labute approximate surface area is 137 Å². The van der Waals surface area contributed by atoms with Crippen molar-refractivity contribution in [3.8, 4) is 0 Å². The molecule has 0 spiro atoms. The summed E-state index contributed by atoms with van der Waals surface area (Å²) in [6.45, 7) is 1.64. The van der Waals surface area contributed by atoms with Gasteiger partial charge in [0.05, 0.1) is 12.3 Å². The van der Waals surface area contributed by atoms with Gasteiger partial charge in [-0.15, -0.1) is 0 Å². The summed E-state index contributed by atoms with van der Waals surface area (Å²) in [5, 5.41) is 0. The molecule has 0 fully saturated rings. The van der Waals surface area contributed by atoms with E-state index in [0.29, 0.717) is 18.8 Å². The van der Waals surface area contributed by atoms with Crippen LogP contribution in [0.25, 0.3) is 0 Å². The van der Waals surface area contributed by atoms with Crippen LogP contribution in [0.3, 0.4) is 0 Å². The largest absolute Gasteiger partial charge is 0.385 e. The lowest BCUT2D eigenvalue weighted by atomic mass is 10.2. The normalized spacial score (nSPS) is 11.9. The first-order valence-corrected chi connectivity index (χ1v) is 8.73. The summed E-state index contributed by atoms with van der Waals surface area (Å²) in [5.41, 5.74) is 0.465. The quantitative estimate of drug-likeness (QED) is 0.601. The maximum absolute atomic E-state index is 13.6. The van der Waals surface area contributed by atoms with E-state index in [9.17, 15) is 12.8 Å².